The van der Waals surface area contributed by atoms with Gasteiger partial charge in [-0.3, -0.25) is 0 Å². The number of nitrogens with two attached hydrogens (primary N) is 1. The molecule has 0 amide bonds. The van der Waals surface area contributed by atoms with Crippen molar-refractivity contribution in [2.24, 2.45) is 5.73 Å². The van der Waals surface area contributed by atoms with E-state index in [4.69, 9.17) is 15.9 Å². The van der Waals surface area contributed by atoms with E-state index in [0.717, 1.165) is 10.4 Å². The Balaban J connectivity index is 2.59. The minimum atomic E-state index is 0.555. The molecule has 0 aliphatic carbocycles. The van der Waals surface area contributed by atoms with E-state index in [9.17, 15) is 0 Å². The minimum Gasteiger partial charge on any atom is -0.398 e. The molecule has 0 bridgehead atoms. The summed E-state index contributed by atoms with van der Waals surface area (Å²) in [4.78, 5) is 1.12. The predicted molar refractivity (Wildman–Crippen MR) is 65.1 cm³/mol. The molecule has 0 aliphatic rings. The Morgan fingerprint density at radius 3 is 3.13 bits per heavy atom. The maximum atomic E-state index is 6.91. The SMILES string of the molecule is C=CCOCc1cc(/C(N)=C/C=N)cs1. The normalized spacial score (nSPS) is 11.3. The standard InChI is InChI=1S/C11H14N2OS/c1-2-5-14-7-10-6-9(8-15-10)11(13)3-4-12/h2-4,6,8,12H,1,5,7,13H2/b11-3-,12-4?. The van der Waals surface area contributed by atoms with Crippen molar-refractivity contribution in [2.75, 3.05) is 6.61 Å². The van der Waals surface area contributed by atoms with Crippen molar-refractivity contribution < 1.29 is 4.74 Å². The van der Waals surface area contributed by atoms with Crippen LogP contribution in [-0.4, -0.2) is 12.8 Å². The third kappa shape index (κ3) is 3.69. The monoisotopic (exact) mass is 222 g/mol. The largest absolute Gasteiger partial charge is 0.398 e. The van der Waals surface area contributed by atoms with E-state index in [2.05, 4.69) is 6.58 Å². The summed E-state index contributed by atoms with van der Waals surface area (Å²) in [7, 11) is 0. The maximum absolute atomic E-state index is 6.91. The van der Waals surface area contributed by atoms with Gasteiger partial charge in [0.2, 0.25) is 0 Å². The smallest absolute Gasteiger partial charge is 0.0813 e. The first-order valence-electron chi connectivity index (χ1n) is 4.50. The summed E-state index contributed by atoms with van der Waals surface area (Å²) in [5, 5.41) is 8.87. The van der Waals surface area contributed by atoms with Gasteiger partial charge >= 0.3 is 0 Å². The molecule has 3 nitrogen and oxygen atoms in total. The van der Waals surface area contributed by atoms with Gasteiger partial charge in [-0.1, -0.05) is 6.08 Å². The van der Waals surface area contributed by atoms with Crippen LogP contribution in [0, 0.1) is 5.41 Å². The summed E-state index contributed by atoms with van der Waals surface area (Å²) >= 11 is 1.60. The van der Waals surface area contributed by atoms with Crippen LogP contribution in [0.25, 0.3) is 5.70 Å². The highest BCUT2D eigenvalue weighted by atomic mass is 32.1. The average Bonchev–Trinajstić information content (AvgIpc) is 2.67. The molecule has 0 fully saturated rings. The molecular weight excluding hydrogens is 208 g/mol. The predicted octanol–water partition coefficient (Wildman–Crippen LogP) is 2.40. The molecule has 1 aromatic heterocycles. The van der Waals surface area contributed by atoms with Crippen LogP contribution in [0.4, 0.5) is 0 Å². The fourth-order valence-electron chi connectivity index (χ4n) is 1.04. The molecule has 0 spiro atoms. The molecule has 0 saturated carbocycles. The molecule has 15 heavy (non-hydrogen) atoms. The number of rotatable bonds is 6. The number of allylic oxidation sites excluding steroid dienone is 1. The first-order chi connectivity index (χ1) is 7.27. The number of nitrogens with one attached hydrogen (secondary N) is 1. The third-order valence-corrected chi connectivity index (χ3v) is 2.64. The van der Waals surface area contributed by atoms with Crippen LogP contribution < -0.4 is 5.73 Å². The Morgan fingerprint density at radius 1 is 1.67 bits per heavy atom. The Kier molecular flexibility index (Phi) is 4.80. The zero-order valence-corrected chi connectivity index (χ0v) is 9.22. The van der Waals surface area contributed by atoms with Crippen LogP contribution in [0.3, 0.4) is 0 Å². The Hall–Kier alpha value is -1.39. The lowest BCUT2D eigenvalue weighted by atomic mass is 10.2. The van der Waals surface area contributed by atoms with Crippen LogP contribution >= 0.6 is 11.3 Å². The van der Waals surface area contributed by atoms with Crippen LogP contribution in [0.2, 0.25) is 0 Å². The third-order valence-electron chi connectivity index (χ3n) is 1.73. The Bertz CT molecular complexity index is 368. The van der Waals surface area contributed by atoms with Crippen LogP contribution in [0.1, 0.15) is 10.4 Å². The topological polar surface area (TPSA) is 59.1 Å². The lowest BCUT2D eigenvalue weighted by Crippen LogP contribution is -1.94. The van der Waals surface area contributed by atoms with Gasteiger partial charge in [-0.2, -0.15) is 0 Å². The number of hydrogen-bond donors (Lipinski definition) is 2. The number of hydrogen-bond acceptors (Lipinski definition) is 4. The molecule has 80 valence electrons. The fraction of sp³-hybridized carbons (Fsp3) is 0.182. The summed E-state index contributed by atoms with van der Waals surface area (Å²) in [6, 6.07) is 1.98. The van der Waals surface area contributed by atoms with E-state index >= 15 is 0 Å². The first kappa shape index (κ1) is 11.7. The molecule has 4 heteroatoms. The van der Waals surface area contributed by atoms with Gasteiger partial charge in [0.05, 0.1) is 13.2 Å². The van der Waals surface area contributed by atoms with E-state index in [1.807, 2.05) is 11.4 Å². The van der Waals surface area contributed by atoms with Gasteiger partial charge < -0.3 is 15.9 Å². The molecular formula is C11H14N2OS. The zero-order chi connectivity index (χ0) is 11.1. The second-order valence-corrected chi connectivity index (χ2v) is 3.89. The van der Waals surface area contributed by atoms with Gasteiger partial charge in [0.1, 0.15) is 0 Å². The molecule has 3 N–H and O–H groups in total. The molecule has 0 atom stereocenters. The first-order valence-corrected chi connectivity index (χ1v) is 5.38. The summed E-state index contributed by atoms with van der Waals surface area (Å²) in [6.45, 7) is 4.71. The molecule has 1 heterocycles. The quantitative estimate of drug-likeness (QED) is 0.441. The van der Waals surface area contributed by atoms with Gasteiger partial charge in [0, 0.05) is 27.7 Å². The highest BCUT2D eigenvalue weighted by Gasteiger charge is 2.01. The van der Waals surface area contributed by atoms with E-state index in [0.29, 0.717) is 18.9 Å². The van der Waals surface area contributed by atoms with Crippen molar-refractivity contribution in [2.45, 2.75) is 6.61 Å². The lowest BCUT2D eigenvalue weighted by molar-refractivity contribution is 0.151. The van der Waals surface area contributed by atoms with Crippen LogP contribution in [-0.2, 0) is 11.3 Å². The number of ether oxygens (including phenoxy) is 1. The highest BCUT2D eigenvalue weighted by molar-refractivity contribution is 7.10. The molecule has 0 aromatic carbocycles. The van der Waals surface area contributed by atoms with Crippen LogP contribution in [0.5, 0.6) is 0 Å². The van der Waals surface area contributed by atoms with Crippen LogP contribution in [0.15, 0.2) is 30.2 Å². The van der Waals surface area contributed by atoms with E-state index in [1.54, 1.807) is 23.5 Å². The second-order valence-electron chi connectivity index (χ2n) is 2.89. The van der Waals surface area contributed by atoms with Gasteiger partial charge in [-0.05, 0) is 12.1 Å². The van der Waals surface area contributed by atoms with Crippen molar-refractivity contribution in [3.63, 3.8) is 0 Å². The molecule has 1 aromatic rings. The minimum absolute atomic E-state index is 0.555. The summed E-state index contributed by atoms with van der Waals surface area (Å²) in [5.41, 5.74) is 7.29. The van der Waals surface area contributed by atoms with Crippen molar-refractivity contribution in [1.29, 1.82) is 5.41 Å². The maximum Gasteiger partial charge on any atom is 0.0813 e. The zero-order valence-electron chi connectivity index (χ0n) is 8.40. The van der Waals surface area contributed by atoms with E-state index < -0.39 is 0 Å². The van der Waals surface area contributed by atoms with Gasteiger partial charge in [-0.25, -0.2) is 0 Å². The Morgan fingerprint density at radius 2 is 2.47 bits per heavy atom. The Labute approximate surface area is 93.4 Å². The molecule has 0 aliphatic heterocycles. The second kappa shape index (κ2) is 6.16. The van der Waals surface area contributed by atoms with Gasteiger partial charge in [-0.15, -0.1) is 17.9 Å². The van der Waals surface area contributed by atoms with Gasteiger partial charge in [0.15, 0.2) is 0 Å². The molecule has 0 saturated heterocycles. The van der Waals surface area contributed by atoms with E-state index in [1.165, 1.54) is 6.21 Å². The molecule has 0 radical (unpaired) electrons. The fourth-order valence-corrected chi connectivity index (χ4v) is 1.87. The highest BCUT2D eigenvalue weighted by Crippen LogP contribution is 2.19. The number of thiophene rings is 1. The van der Waals surface area contributed by atoms with Crippen molar-refractivity contribution in [3.8, 4) is 0 Å². The molecule has 1 rings (SSSR count). The summed E-state index contributed by atoms with van der Waals surface area (Å²) < 4.78 is 5.31. The summed E-state index contributed by atoms with van der Waals surface area (Å²) in [5.74, 6) is 0. The average molecular weight is 222 g/mol. The van der Waals surface area contributed by atoms with Crippen molar-refractivity contribution >= 4 is 23.2 Å². The summed E-state index contributed by atoms with van der Waals surface area (Å²) in [6.07, 6.45) is 4.47. The van der Waals surface area contributed by atoms with Crippen molar-refractivity contribution in [1.82, 2.24) is 0 Å². The van der Waals surface area contributed by atoms with E-state index in [-0.39, 0.29) is 0 Å². The van der Waals surface area contributed by atoms with Crippen molar-refractivity contribution in [3.05, 3.63) is 40.6 Å². The van der Waals surface area contributed by atoms with Gasteiger partial charge in [0.25, 0.3) is 0 Å². The lowest BCUT2D eigenvalue weighted by Gasteiger charge is -1.97. The molecule has 0 unspecified atom stereocenters.